The first kappa shape index (κ1) is 16.9. The highest BCUT2D eigenvalue weighted by Crippen LogP contribution is 2.18. The normalized spacial score (nSPS) is 11.9. The Balaban J connectivity index is 2.12. The molecule has 9 heteroatoms. The number of nitrogens with zero attached hydrogens (tertiary/aromatic N) is 3. The molecule has 0 fully saturated rings. The van der Waals surface area contributed by atoms with E-state index in [0.29, 0.717) is 10.7 Å². The van der Waals surface area contributed by atoms with Crippen molar-refractivity contribution < 1.29 is 19.4 Å². The van der Waals surface area contributed by atoms with Crippen LogP contribution in [0.15, 0.2) is 30.5 Å². The monoisotopic (exact) mass is 338 g/mol. The Morgan fingerprint density at radius 2 is 2.17 bits per heavy atom. The Hall–Kier alpha value is -2.45. The molecule has 0 aliphatic rings. The van der Waals surface area contributed by atoms with Crippen LogP contribution < -0.4 is 5.32 Å². The number of aromatic nitrogens is 3. The van der Waals surface area contributed by atoms with Gasteiger partial charge in [-0.3, -0.25) is 4.79 Å². The second-order valence-corrected chi connectivity index (χ2v) is 5.05. The minimum Gasteiger partial charge on any atom is -0.480 e. The molecule has 8 nitrogen and oxygen atoms in total. The SMILES string of the molecule is COCCC(NC(=O)c1cn(-c2ccccc2Cl)nn1)C(=O)O. The van der Waals surface area contributed by atoms with Gasteiger partial charge in [-0.15, -0.1) is 5.10 Å². The lowest BCUT2D eigenvalue weighted by Gasteiger charge is -2.12. The number of rotatable bonds is 7. The van der Waals surface area contributed by atoms with Crippen molar-refractivity contribution in [3.05, 3.63) is 41.2 Å². The molecule has 1 atom stereocenters. The third kappa shape index (κ3) is 4.27. The van der Waals surface area contributed by atoms with Crippen LogP contribution in [0.2, 0.25) is 5.02 Å². The van der Waals surface area contributed by atoms with Crippen LogP contribution in [0, 0.1) is 0 Å². The zero-order chi connectivity index (χ0) is 16.8. The van der Waals surface area contributed by atoms with Gasteiger partial charge in [-0.2, -0.15) is 0 Å². The van der Waals surface area contributed by atoms with Gasteiger partial charge in [0.2, 0.25) is 0 Å². The standard InChI is InChI=1S/C14H15ClN4O4/c1-23-7-6-10(14(21)22)16-13(20)11-8-19(18-17-11)12-5-3-2-4-9(12)15/h2-5,8,10H,6-7H2,1H3,(H,16,20)(H,21,22). The summed E-state index contributed by atoms with van der Waals surface area (Å²) in [5.74, 6) is -1.78. The number of para-hydroxylation sites is 1. The number of hydrogen-bond acceptors (Lipinski definition) is 5. The van der Waals surface area contributed by atoms with Crippen LogP contribution in [0.1, 0.15) is 16.9 Å². The Labute approximate surface area is 137 Å². The summed E-state index contributed by atoms with van der Waals surface area (Å²) in [6.45, 7) is 0.212. The number of nitrogens with one attached hydrogen (secondary N) is 1. The van der Waals surface area contributed by atoms with Gasteiger partial charge in [-0.1, -0.05) is 28.9 Å². The van der Waals surface area contributed by atoms with Gasteiger partial charge >= 0.3 is 5.97 Å². The molecule has 0 spiro atoms. The van der Waals surface area contributed by atoms with Gasteiger partial charge in [0.25, 0.3) is 5.91 Å². The molecular weight excluding hydrogens is 324 g/mol. The highest BCUT2D eigenvalue weighted by Gasteiger charge is 2.22. The fraction of sp³-hybridized carbons (Fsp3) is 0.286. The van der Waals surface area contributed by atoms with Crippen LogP contribution in [0.3, 0.4) is 0 Å². The van der Waals surface area contributed by atoms with Gasteiger partial charge in [-0.25, -0.2) is 9.48 Å². The van der Waals surface area contributed by atoms with E-state index < -0.39 is 17.9 Å². The maximum atomic E-state index is 12.1. The van der Waals surface area contributed by atoms with Crippen LogP contribution in [-0.4, -0.2) is 51.7 Å². The molecule has 2 aromatic rings. The van der Waals surface area contributed by atoms with Crippen molar-refractivity contribution in [3.63, 3.8) is 0 Å². The van der Waals surface area contributed by atoms with E-state index >= 15 is 0 Å². The molecule has 23 heavy (non-hydrogen) atoms. The summed E-state index contributed by atoms with van der Waals surface area (Å²) in [6, 6.07) is 5.88. The van der Waals surface area contributed by atoms with Crippen molar-refractivity contribution >= 4 is 23.5 Å². The van der Waals surface area contributed by atoms with Crippen LogP contribution >= 0.6 is 11.6 Å². The Bertz CT molecular complexity index is 704. The van der Waals surface area contributed by atoms with Crippen molar-refractivity contribution in [3.8, 4) is 5.69 Å². The van der Waals surface area contributed by atoms with E-state index in [1.807, 2.05) is 0 Å². The number of halogens is 1. The molecule has 122 valence electrons. The smallest absolute Gasteiger partial charge is 0.326 e. The molecule has 1 aromatic heterocycles. The average Bonchev–Trinajstić information content (AvgIpc) is 3.01. The lowest BCUT2D eigenvalue weighted by Crippen LogP contribution is -2.41. The van der Waals surface area contributed by atoms with Gasteiger partial charge < -0.3 is 15.2 Å². The number of methoxy groups -OCH3 is 1. The van der Waals surface area contributed by atoms with Gasteiger partial charge in [-0.05, 0) is 12.1 Å². The second-order valence-electron chi connectivity index (χ2n) is 4.65. The number of amides is 1. The largest absolute Gasteiger partial charge is 0.480 e. The van der Waals surface area contributed by atoms with E-state index in [-0.39, 0.29) is 18.7 Å². The summed E-state index contributed by atoms with van der Waals surface area (Å²) in [7, 11) is 1.45. The molecule has 1 unspecified atom stereocenters. The number of aliphatic carboxylic acids is 1. The number of ether oxygens (including phenoxy) is 1. The fourth-order valence-electron chi connectivity index (χ4n) is 1.85. The van der Waals surface area contributed by atoms with E-state index in [9.17, 15) is 9.59 Å². The zero-order valence-electron chi connectivity index (χ0n) is 12.3. The zero-order valence-corrected chi connectivity index (χ0v) is 13.0. The van der Waals surface area contributed by atoms with Crippen LogP contribution in [0.5, 0.6) is 0 Å². The minimum absolute atomic E-state index is 0.00594. The topological polar surface area (TPSA) is 106 Å². The molecule has 0 aliphatic carbocycles. The molecule has 1 heterocycles. The lowest BCUT2D eigenvalue weighted by molar-refractivity contribution is -0.139. The summed E-state index contributed by atoms with van der Waals surface area (Å²) in [4.78, 5) is 23.2. The molecule has 0 bridgehead atoms. The Morgan fingerprint density at radius 1 is 1.43 bits per heavy atom. The molecule has 0 aliphatic heterocycles. The quantitative estimate of drug-likeness (QED) is 0.784. The molecule has 0 saturated carbocycles. The third-order valence-corrected chi connectivity index (χ3v) is 3.36. The van der Waals surface area contributed by atoms with Crippen LogP contribution in [0.25, 0.3) is 5.69 Å². The highest BCUT2D eigenvalue weighted by molar-refractivity contribution is 6.32. The summed E-state index contributed by atoms with van der Waals surface area (Å²) in [6.07, 6.45) is 1.53. The van der Waals surface area contributed by atoms with Crippen molar-refractivity contribution in [1.82, 2.24) is 20.3 Å². The Morgan fingerprint density at radius 3 is 2.83 bits per heavy atom. The van der Waals surface area contributed by atoms with Gasteiger partial charge in [0.05, 0.1) is 16.9 Å². The number of carboxylic acids is 1. The maximum absolute atomic E-state index is 12.1. The van der Waals surface area contributed by atoms with Gasteiger partial charge in [0.1, 0.15) is 6.04 Å². The molecule has 0 saturated heterocycles. The van der Waals surface area contributed by atoms with Crippen molar-refractivity contribution in [2.75, 3.05) is 13.7 Å². The van der Waals surface area contributed by atoms with E-state index in [1.54, 1.807) is 24.3 Å². The first-order valence-electron chi connectivity index (χ1n) is 6.72. The lowest BCUT2D eigenvalue weighted by atomic mass is 10.2. The van der Waals surface area contributed by atoms with Crippen molar-refractivity contribution in [1.29, 1.82) is 0 Å². The fourth-order valence-corrected chi connectivity index (χ4v) is 2.07. The average molecular weight is 339 g/mol. The van der Waals surface area contributed by atoms with Gasteiger partial charge in [0.15, 0.2) is 5.69 Å². The van der Waals surface area contributed by atoms with E-state index in [1.165, 1.54) is 18.0 Å². The summed E-state index contributed by atoms with van der Waals surface area (Å²) >= 11 is 6.05. The summed E-state index contributed by atoms with van der Waals surface area (Å²) < 4.78 is 6.17. The molecule has 2 rings (SSSR count). The van der Waals surface area contributed by atoms with Crippen molar-refractivity contribution in [2.45, 2.75) is 12.5 Å². The van der Waals surface area contributed by atoms with Crippen LogP contribution in [0.4, 0.5) is 0 Å². The molecular formula is C14H15ClN4O4. The predicted molar refractivity (Wildman–Crippen MR) is 81.8 cm³/mol. The van der Waals surface area contributed by atoms with Crippen LogP contribution in [-0.2, 0) is 9.53 Å². The van der Waals surface area contributed by atoms with Gasteiger partial charge in [0, 0.05) is 20.1 Å². The van der Waals surface area contributed by atoms with E-state index in [2.05, 4.69) is 15.6 Å². The number of carbonyl (C=O) groups excluding carboxylic acids is 1. The first-order chi connectivity index (χ1) is 11.0. The third-order valence-electron chi connectivity index (χ3n) is 3.04. The molecule has 1 aromatic carbocycles. The summed E-state index contributed by atoms with van der Waals surface area (Å²) in [5.41, 5.74) is 0.559. The molecule has 0 radical (unpaired) electrons. The first-order valence-corrected chi connectivity index (χ1v) is 7.10. The summed E-state index contributed by atoms with van der Waals surface area (Å²) in [5, 5.41) is 19.5. The Kier molecular flexibility index (Phi) is 5.67. The number of benzene rings is 1. The number of hydrogen-bond donors (Lipinski definition) is 2. The van der Waals surface area contributed by atoms with E-state index in [4.69, 9.17) is 21.4 Å². The molecule has 1 amide bonds. The maximum Gasteiger partial charge on any atom is 0.326 e. The number of carbonyl (C=O) groups is 2. The highest BCUT2D eigenvalue weighted by atomic mass is 35.5. The number of carboxylic acid groups (broad SMARTS) is 1. The predicted octanol–water partition coefficient (Wildman–Crippen LogP) is 1.14. The second kappa shape index (κ2) is 7.70. The van der Waals surface area contributed by atoms with E-state index in [0.717, 1.165) is 0 Å². The van der Waals surface area contributed by atoms with Crippen molar-refractivity contribution in [2.24, 2.45) is 0 Å². The molecule has 2 N–H and O–H groups in total. The minimum atomic E-state index is -1.14.